The number of carbonyl (C=O) groups is 4. The van der Waals surface area contributed by atoms with Crippen molar-refractivity contribution in [2.24, 2.45) is 5.73 Å². The van der Waals surface area contributed by atoms with Crippen molar-refractivity contribution in [3.63, 3.8) is 0 Å². The predicted molar refractivity (Wildman–Crippen MR) is 160 cm³/mol. The van der Waals surface area contributed by atoms with Gasteiger partial charge in [0, 0.05) is 19.9 Å². The number of carbonyl (C=O) groups excluding carboxylic acids is 4. The smallest absolute Gasteiger partial charge is 0.243 e. The summed E-state index contributed by atoms with van der Waals surface area (Å²) in [6.07, 6.45) is 2.22. The molecule has 0 saturated heterocycles. The first-order valence-corrected chi connectivity index (χ1v) is 15.3. The van der Waals surface area contributed by atoms with Gasteiger partial charge in [-0.05, 0) is 36.6 Å². The van der Waals surface area contributed by atoms with Crippen molar-refractivity contribution in [2.75, 3.05) is 32.2 Å². The van der Waals surface area contributed by atoms with Crippen molar-refractivity contribution < 1.29 is 33.9 Å². The third-order valence-electron chi connectivity index (χ3n) is 6.65. The maximum absolute atomic E-state index is 13.2. The first-order chi connectivity index (χ1) is 19.9. The Balaban J connectivity index is 1.97. The summed E-state index contributed by atoms with van der Waals surface area (Å²) in [4.78, 5) is 52.6. The molecule has 2 aromatic carbocycles. The molecule has 2 aromatic rings. The molecule has 0 bridgehead atoms. The minimum absolute atomic E-state index is 0.0920. The molecule has 0 aromatic heterocycles. The Kier molecular flexibility index (Phi) is 14.3. The van der Waals surface area contributed by atoms with Crippen LogP contribution in [0.1, 0.15) is 24.5 Å². The molecule has 4 unspecified atom stereocenters. The number of nitrogens with two attached hydrogens (primary N) is 1. The van der Waals surface area contributed by atoms with Crippen LogP contribution in [0.2, 0.25) is 0 Å². The van der Waals surface area contributed by atoms with Crippen molar-refractivity contribution in [1.29, 1.82) is 0 Å². The second-order valence-corrected chi connectivity index (χ2v) is 11.6. The van der Waals surface area contributed by atoms with Gasteiger partial charge in [-0.25, -0.2) is 0 Å². The van der Waals surface area contributed by atoms with Gasteiger partial charge in [-0.1, -0.05) is 53.6 Å². The number of aromatic hydroxyl groups is 1. The third-order valence-corrected chi connectivity index (χ3v) is 7.46. The maximum Gasteiger partial charge on any atom is 0.243 e. The van der Waals surface area contributed by atoms with E-state index in [0.717, 1.165) is 11.1 Å². The quantitative estimate of drug-likeness (QED) is 0.134. The summed E-state index contributed by atoms with van der Waals surface area (Å²) in [5.74, 6) is -1.82. The van der Waals surface area contributed by atoms with E-state index in [2.05, 4.69) is 16.0 Å². The van der Waals surface area contributed by atoms with Crippen LogP contribution in [0.25, 0.3) is 0 Å². The highest BCUT2D eigenvalue weighted by Gasteiger charge is 2.29. The number of hydrogen-bond acceptors (Lipinski definition) is 8. The molecule has 0 heterocycles. The molecule has 42 heavy (non-hydrogen) atoms. The first kappa shape index (κ1) is 34.6. The largest absolute Gasteiger partial charge is 0.617 e. The summed E-state index contributed by atoms with van der Waals surface area (Å²) in [5, 5.41) is 26.8. The van der Waals surface area contributed by atoms with E-state index in [-0.39, 0.29) is 25.2 Å². The van der Waals surface area contributed by atoms with Gasteiger partial charge in [-0.3, -0.25) is 19.2 Å². The van der Waals surface area contributed by atoms with Gasteiger partial charge in [0.25, 0.3) is 0 Å². The van der Waals surface area contributed by atoms with Crippen LogP contribution < -0.4 is 21.7 Å². The zero-order chi connectivity index (χ0) is 31.2. The van der Waals surface area contributed by atoms with Crippen LogP contribution in [-0.4, -0.2) is 99.7 Å². The summed E-state index contributed by atoms with van der Waals surface area (Å²) < 4.78 is 11.5. The standard InChI is InChI=1S/C29H41N5O7S/c1-19(32-28(39)24(30)15-21-9-11-23(36)12-10-21)27(38)31-17-26(37)34(2)25(16-20-7-5-4-6-8-20)29(40)33-22(18-35)13-14-42(3)41/h4-12,19,22,24-25,35-36H,13-18,30H2,1-3H3,(H,31,38)(H,32,39)(H,33,40)/t19-,22?,24?,25?,42?/m1/s1. The summed E-state index contributed by atoms with van der Waals surface area (Å²) in [7, 11) is 1.45. The summed E-state index contributed by atoms with van der Waals surface area (Å²) in [6, 6.07) is 11.8. The van der Waals surface area contributed by atoms with Crippen LogP contribution in [0.4, 0.5) is 0 Å². The molecule has 0 aliphatic heterocycles. The Bertz CT molecular complexity index is 1170. The van der Waals surface area contributed by atoms with Gasteiger partial charge < -0.3 is 41.3 Å². The number of hydrogen-bond donors (Lipinski definition) is 6. The van der Waals surface area contributed by atoms with Crippen molar-refractivity contribution in [2.45, 2.75) is 50.4 Å². The fraction of sp³-hybridized carbons (Fsp3) is 0.448. The lowest BCUT2D eigenvalue weighted by atomic mass is 10.0. The molecule has 2 rings (SSSR count). The van der Waals surface area contributed by atoms with E-state index in [1.807, 2.05) is 30.3 Å². The van der Waals surface area contributed by atoms with Gasteiger partial charge in [0.15, 0.2) is 0 Å². The number of aliphatic hydroxyl groups is 1. The number of benzene rings is 2. The van der Waals surface area contributed by atoms with Crippen molar-refractivity contribution in [1.82, 2.24) is 20.9 Å². The predicted octanol–water partition coefficient (Wildman–Crippen LogP) is -0.802. The lowest BCUT2D eigenvalue weighted by Gasteiger charge is -2.29. The Hall–Kier alpha value is -3.65. The maximum atomic E-state index is 13.2. The third kappa shape index (κ3) is 11.7. The van der Waals surface area contributed by atoms with Crippen LogP contribution in [0.5, 0.6) is 5.75 Å². The number of aliphatic hydroxyl groups excluding tert-OH is 1. The average molecular weight is 604 g/mol. The number of nitrogens with zero attached hydrogens (tertiary/aromatic N) is 1. The Morgan fingerprint density at radius 3 is 2.17 bits per heavy atom. The molecule has 0 aliphatic rings. The van der Waals surface area contributed by atoms with Crippen LogP contribution in [0, 0.1) is 0 Å². The molecular formula is C29H41N5O7S. The lowest BCUT2D eigenvalue weighted by Crippen LogP contribution is -2.55. The number of phenols is 1. The fourth-order valence-corrected chi connectivity index (χ4v) is 4.65. The minimum Gasteiger partial charge on any atom is -0.617 e. The summed E-state index contributed by atoms with van der Waals surface area (Å²) >= 11 is -1.10. The Morgan fingerprint density at radius 1 is 0.952 bits per heavy atom. The summed E-state index contributed by atoms with van der Waals surface area (Å²) in [6.45, 7) is 0.682. The highest BCUT2D eigenvalue weighted by atomic mass is 32.2. The Morgan fingerprint density at radius 2 is 1.57 bits per heavy atom. The van der Waals surface area contributed by atoms with Gasteiger partial charge >= 0.3 is 0 Å². The normalized spacial score (nSPS) is 14.5. The number of phenolic OH excluding ortho intramolecular Hbond substituents is 1. The van der Waals surface area contributed by atoms with Crippen LogP contribution in [0.3, 0.4) is 0 Å². The van der Waals surface area contributed by atoms with Crippen molar-refractivity contribution >= 4 is 34.8 Å². The summed E-state index contributed by atoms with van der Waals surface area (Å²) in [5.41, 5.74) is 7.50. The number of likely N-dealkylation sites (N-methyl/N-ethyl adjacent to an activating group) is 1. The molecule has 0 spiro atoms. The zero-order valence-electron chi connectivity index (χ0n) is 24.1. The molecule has 230 valence electrons. The van der Waals surface area contributed by atoms with Gasteiger partial charge in [0.1, 0.15) is 23.6 Å². The van der Waals surface area contributed by atoms with E-state index in [1.165, 1.54) is 37.3 Å². The second kappa shape index (κ2) is 17.3. The molecule has 0 aliphatic carbocycles. The first-order valence-electron chi connectivity index (χ1n) is 13.5. The second-order valence-electron chi connectivity index (χ2n) is 10.1. The van der Waals surface area contributed by atoms with Crippen molar-refractivity contribution in [3.8, 4) is 5.75 Å². The molecule has 0 fully saturated rings. The van der Waals surface area contributed by atoms with Crippen LogP contribution >= 0.6 is 0 Å². The van der Waals surface area contributed by atoms with Gasteiger partial charge in [-0.15, -0.1) is 0 Å². The molecule has 0 radical (unpaired) electrons. The number of amides is 4. The Labute approximate surface area is 249 Å². The highest BCUT2D eigenvalue weighted by molar-refractivity contribution is 7.90. The molecule has 5 atom stereocenters. The van der Waals surface area contributed by atoms with Gasteiger partial charge in [0.05, 0.1) is 31.5 Å². The molecule has 12 nitrogen and oxygen atoms in total. The van der Waals surface area contributed by atoms with E-state index in [1.54, 1.807) is 12.1 Å². The monoisotopic (exact) mass is 603 g/mol. The molecular weight excluding hydrogens is 562 g/mol. The van der Waals surface area contributed by atoms with Crippen LogP contribution in [-0.2, 0) is 43.2 Å². The SMILES string of the molecule is C[C@@H](NC(=O)C(N)Cc1ccc(O)cc1)C(=O)NCC(=O)N(C)C(Cc1ccccc1)C(=O)NC(CO)CC[S+](C)[O-]. The minimum atomic E-state index is -1.10. The number of rotatable bonds is 16. The van der Waals surface area contributed by atoms with Gasteiger partial charge in [0.2, 0.25) is 23.6 Å². The molecule has 0 saturated carbocycles. The highest BCUT2D eigenvalue weighted by Crippen LogP contribution is 2.12. The van der Waals surface area contributed by atoms with Crippen LogP contribution in [0.15, 0.2) is 54.6 Å². The zero-order valence-corrected chi connectivity index (χ0v) is 24.9. The number of nitrogens with one attached hydrogen (secondary N) is 3. The molecule has 7 N–H and O–H groups in total. The lowest BCUT2D eigenvalue weighted by molar-refractivity contribution is -0.139. The van der Waals surface area contributed by atoms with E-state index >= 15 is 0 Å². The van der Waals surface area contributed by atoms with E-state index < -0.39 is 65.5 Å². The van der Waals surface area contributed by atoms with Gasteiger partial charge in [-0.2, -0.15) is 0 Å². The molecule has 4 amide bonds. The topological polar surface area (TPSA) is 197 Å². The van der Waals surface area contributed by atoms with E-state index in [0.29, 0.717) is 12.2 Å². The fourth-order valence-electron chi connectivity index (χ4n) is 4.04. The van der Waals surface area contributed by atoms with Crippen molar-refractivity contribution in [3.05, 3.63) is 65.7 Å². The molecule has 13 heteroatoms. The average Bonchev–Trinajstić information content (AvgIpc) is 2.97. The van der Waals surface area contributed by atoms with E-state index in [9.17, 15) is 33.9 Å². The van der Waals surface area contributed by atoms with E-state index in [4.69, 9.17) is 5.73 Å².